The Bertz CT molecular complexity index is 401. The number of alkyl halides is 3. The molecule has 1 heterocycles. The minimum atomic E-state index is -4.70. The molecule has 0 spiro atoms. The summed E-state index contributed by atoms with van der Waals surface area (Å²) in [6.45, 7) is 2.36. The number of nitrogens with zero attached hydrogens (tertiary/aromatic N) is 1. The normalized spacial score (nSPS) is 13.4. The minimum absolute atomic E-state index is 0.0649. The van der Waals surface area contributed by atoms with E-state index in [-0.39, 0.29) is 18.0 Å². The Balaban J connectivity index is 2.61. The van der Waals surface area contributed by atoms with E-state index in [0.29, 0.717) is 6.54 Å². The van der Waals surface area contributed by atoms with Gasteiger partial charge in [-0.25, -0.2) is 0 Å². The molecule has 0 bridgehead atoms. The van der Waals surface area contributed by atoms with E-state index >= 15 is 0 Å². The van der Waals surface area contributed by atoms with Gasteiger partial charge in [0.25, 0.3) is 0 Å². The van der Waals surface area contributed by atoms with Crippen molar-refractivity contribution in [1.29, 1.82) is 0 Å². The van der Waals surface area contributed by atoms with Crippen LogP contribution in [0, 0.1) is 0 Å². The fraction of sp³-hybridized carbons (Fsp3) is 0.545. The number of nitrogens with one attached hydrogen (secondary N) is 1. The lowest BCUT2D eigenvalue weighted by Gasteiger charge is -2.12. The van der Waals surface area contributed by atoms with E-state index in [1.54, 1.807) is 0 Å². The lowest BCUT2D eigenvalue weighted by molar-refractivity contribution is -0.206. The molecule has 102 valence electrons. The Morgan fingerprint density at radius 3 is 2.78 bits per heavy atom. The maximum atomic E-state index is 12.2. The molecule has 0 fully saturated rings. The largest absolute Gasteiger partial charge is 0.418 e. The van der Waals surface area contributed by atoms with Gasteiger partial charge in [-0.05, 0) is 12.5 Å². The van der Waals surface area contributed by atoms with E-state index in [1.807, 2.05) is 6.92 Å². The molecule has 1 unspecified atom stereocenters. The van der Waals surface area contributed by atoms with Crippen molar-refractivity contribution in [3.63, 3.8) is 0 Å². The predicted octanol–water partition coefficient (Wildman–Crippen LogP) is 1.61. The Morgan fingerprint density at radius 1 is 1.56 bits per heavy atom. The highest BCUT2D eigenvalue weighted by molar-refractivity contribution is 5.75. The zero-order valence-corrected chi connectivity index (χ0v) is 9.87. The Labute approximate surface area is 102 Å². The molecule has 0 saturated carbocycles. The van der Waals surface area contributed by atoms with Crippen LogP contribution in [0.5, 0.6) is 0 Å². The number of hydrogen-bond acceptors (Lipinski definition) is 2. The quantitative estimate of drug-likeness (QED) is 0.849. The van der Waals surface area contributed by atoms with Crippen molar-refractivity contribution < 1.29 is 23.1 Å². The molecule has 4 nitrogen and oxygen atoms in total. The number of hydrogen-bond donors (Lipinski definition) is 2. The van der Waals surface area contributed by atoms with Crippen molar-refractivity contribution >= 4 is 5.91 Å². The molecule has 1 amide bonds. The van der Waals surface area contributed by atoms with Gasteiger partial charge < -0.3 is 15.0 Å². The Kier molecular flexibility index (Phi) is 4.77. The molecule has 0 aliphatic carbocycles. The van der Waals surface area contributed by atoms with E-state index in [2.05, 4.69) is 5.32 Å². The van der Waals surface area contributed by atoms with Crippen molar-refractivity contribution in [2.45, 2.75) is 32.2 Å². The third-order valence-corrected chi connectivity index (χ3v) is 2.30. The van der Waals surface area contributed by atoms with Crippen LogP contribution >= 0.6 is 0 Å². The second kappa shape index (κ2) is 5.90. The summed E-state index contributed by atoms with van der Waals surface area (Å²) in [5.74, 6) is -0.277. The van der Waals surface area contributed by atoms with E-state index in [0.717, 1.165) is 18.7 Å². The van der Waals surface area contributed by atoms with Gasteiger partial charge in [-0.1, -0.05) is 6.92 Å². The molecular weight excluding hydrogens is 249 g/mol. The fourth-order valence-electron chi connectivity index (χ4n) is 1.39. The first-order chi connectivity index (χ1) is 8.34. The van der Waals surface area contributed by atoms with Crippen molar-refractivity contribution in [3.05, 3.63) is 24.0 Å². The highest BCUT2D eigenvalue weighted by Crippen LogP contribution is 2.32. The summed E-state index contributed by atoms with van der Waals surface area (Å²) < 4.78 is 38.0. The van der Waals surface area contributed by atoms with Gasteiger partial charge in [-0.2, -0.15) is 13.2 Å². The monoisotopic (exact) mass is 264 g/mol. The zero-order valence-electron chi connectivity index (χ0n) is 9.87. The maximum Gasteiger partial charge on any atom is 0.418 e. The SMILES string of the molecule is CCCNC(=O)Cn1ccc(C(O)C(F)(F)F)c1. The molecule has 18 heavy (non-hydrogen) atoms. The number of aliphatic hydroxyl groups excluding tert-OH is 1. The molecule has 2 N–H and O–H groups in total. The summed E-state index contributed by atoms with van der Waals surface area (Å²) in [4.78, 5) is 11.3. The highest BCUT2D eigenvalue weighted by Gasteiger charge is 2.39. The second-order valence-corrected chi connectivity index (χ2v) is 3.91. The minimum Gasteiger partial charge on any atom is -0.379 e. The van der Waals surface area contributed by atoms with Gasteiger partial charge in [0.1, 0.15) is 6.54 Å². The molecule has 0 radical (unpaired) electrons. The molecule has 1 aromatic rings. The molecule has 1 aromatic heterocycles. The first-order valence-electron chi connectivity index (χ1n) is 5.51. The van der Waals surface area contributed by atoms with Crippen molar-refractivity contribution in [3.8, 4) is 0 Å². The lowest BCUT2D eigenvalue weighted by Crippen LogP contribution is -2.27. The second-order valence-electron chi connectivity index (χ2n) is 3.91. The molecule has 0 aliphatic heterocycles. The molecule has 0 aromatic carbocycles. The molecule has 0 aliphatic rings. The van der Waals surface area contributed by atoms with Crippen LogP contribution in [0.15, 0.2) is 18.5 Å². The number of amides is 1. The first-order valence-corrected chi connectivity index (χ1v) is 5.51. The van der Waals surface area contributed by atoms with Crippen molar-refractivity contribution in [2.24, 2.45) is 0 Å². The zero-order chi connectivity index (χ0) is 13.8. The maximum absolute atomic E-state index is 12.2. The van der Waals surface area contributed by atoms with Gasteiger partial charge in [-0.15, -0.1) is 0 Å². The molecule has 1 rings (SSSR count). The van der Waals surface area contributed by atoms with Crippen LogP contribution < -0.4 is 5.32 Å². The van der Waals surface area contributed by atoms with Gasteiger partial charge in [0.05, 0.1) is 0 Å². The van der Waals surface area contributed by atoms with Crippen LogP contribution in [0.1, 0.15) is 25.0 Å². The van der Waals surface area contributed by atoms with E-state index < -0.39 is 12.3 Å². The Hall–Kier alpha value is -1.50. The standard InChI is InChI=1S/C11H15F3N2O2/c1-2-4-15-9(17)7-16-5-3-8(6-16)10(18)11(12,13)14/h3,5-6,10,18H,2,4,7H2,1H3,(H,15,17). The number of aromatic nitrogens is 1. The van der Waals surface area contributed by atoms with Crippen LogP contribution in [-0.2, 0) is 11.3 Å². The average Bonchev–Trinajstić information content (AvgIpc) is 2.72. The van der Waals surface area contributed by atoms with Gasteiger partial charge >= 0.3 is 6.18 Å². The summed E-state index contributed by atoms with van der Waals surface area (Å²) in [5, 5.41) is 11.6. The number of aliphatic hydroxyl groups is 1. The van der Waals surface area contributed by atoms with Crippen LogP contribution in [0.25, 0.3) is 0 Å². The van der Waals surface area contributed by atoms with Crippen molar-refractivity contribution in [2.75, 3.05) is 6.54 Å². The number of carbonyl (C=O) groups excluding carboxylic acids is 1. The average molecular weight is 264 g/mol. The predicted molar refractivity (Wildman–Crippen MR) is 58.7 cm³/mol. The van der Waals surface area contributed by atoms with Crippen LogP contribution in [-0.4, -0.2) is 28.3 Å². The lowest BCUT2D eigenvalue weighted by atomic mass is 10.2. The van der Waals surface area contributed by atoms with Gasteiger partial charge in [-0.3, -0.25) is 4.79 Å². The first kappa shape index (κ1) is 14.6. The van der Waals surface area contributed by atoms with Crippen LogP contribution in [0.3, 0.4) is 0 Å². The summed E-state index contributed by atoms with van der Waals surface area (Å²) in [5.41, 5.74) is -0.272. The third-order valence-electron chi connectivity index (χ3n) is 2.30. The molecule has 7 heteroatoms. The number of carbonyl (C=O) groups is 1. The van der Waals surface area contributed by atoms with Crippen LogP contribution in [0.2, 0.25) is 0 Å². The van der Waals surface area contributed by atoms with E-state index in [4.69, 9.17) is 5.11 Å². The number of halogens is 3. The summed E-state index contributed by atoms with van der Waals surface area (Å²) in [6.07, 6.45) is -3.98. The fourth-order valence-corrected chi connectivity index (χ4v) is 1.39. The van der Waals surface area contributed by atoms with Gasteiger partial charge in [0, 0.05) is 24.5 Å². The molecule has 1 atom stereocenters. The van der Waals surface area contributed by atoms with E-state index in [9.17, 15) is 18.0 Å². The summed E-state index contributed by atoms with van der Waals surface area (Å²) in [6, 6.07) is 1.14. The highest BCUT2D eigenvalue weighted by atomic mass is 19.4. The number of rotatable bonds is 5. The Morgan fingerprint density at radius 2 is 2.22 bits per heavy atom. The van der Waals surface area contributed by atoms with E-state index in [1.165, 1.54) is 10.8 Å². The molecule has 0 saturated heterocycles. The smallest absolute Gasteiger partial charge is 0.379 e. The summed E-state index contributed by atoms with van der Waals surface area (Å²) in [7, 11) is 0. The molecular formula is C11H15F3N2O2. The topological polar surface area (TPSA) is 54.3 Å². The summed E-state index contributed by atoms with van der Waals surface area (Å²) >= 11 is 0. The van der Waals surface area contributed by atoms with Gasteiger partial charge in [0.2, 0.25) is 5.91 Å². The van der Waals surface area contributed by atoms with Gasteiger partial charge in [0.15, 0.2) is 6.10 Å². The van der Waals surface area contributed by atoms with Crippen LogP contribution in [0.4, 0.5) is 13.2 Å². The third kappa shape index (κ3) is 4.06. The van der Waals surface area contributed by atoms with Crippen molar-refractivity contribution in [1.82, 2.24) is 9.88 Å².